The highest BCUT2D eigenvalue weighted by Crippen LogP contribution is 2.27. The summed E-state index contributed by atoms with van der Waals surface area (Å²) >= 11 is 0. The maximum Gasteiger partial charge on any atom is 0.250 e. The van der Waals surface area contributed by atoms with Gasteiger partial charge in [0.2, 0.25) is 10.0 Å². The molecule has 7 heteroatoms. The van der Waals surface area contributed by atoms with Crippen molar-refractivity contribution >= 4 is 15.7 Å². The van der Waals surface area contributed by atoms with Gasteiger partial charge in [0.25, 0.3) is 5.56 Å². The number of anilines is 1. The standard InChI is InChI=1S/C13H20N2O4S/c1-9-7-10(8-14-13(9)16)15-20(17,18)12-6-4-3-5-11(12)19-2/h7-8,11-12,15H,3-6H2,1-2H3,(H,14,16)/t11-,12+/m0/s1. The molecule has 1 aliphatic carbocycles. The van der Waals surface area contributed by atoms with E-state index in [1.165, 1.54) is 12.3 Å². The molecule has 2 rings (SSSR count). The molecule has 0 spiro atoms. The van der Waals surface area contributed by atoms with E-state index in [0.29, 0.717) is 17.7 Å². The number of aromatic nitrogens is 1. The smallest absolute Gasteiger partial charge is 0.250 e. The fraction of sp³-hybridized carbons (Fsp3) is 0.615. The molecule has 0 unspecified atom stereocenters. The van der Waals surface area contributed by atoms with E-state index < -0.39 is 15.3 Å². The lowest BCUT2D eigenvalue weighted by Crippen LogP contribution is -2.41. The van der Waals surface area contributed by atoms with Crippen LogP contribution in [0.3, 0.4) is 0 Å². The number of H-pyrrole nitrogens is 1. The van der Waals surface area contributed by atoms with E-state index in [1.54, 1.807) is 14.0 Å². The monoisotopic (exact) mass is 300 g/mol. The van der Waals surface area contributed by atoms with Gasteiger partial charge < -0.3 is 9.72 Å². The zero-order chi connectivity index (χ0) is 14.8. The summed E-state index contributed by atoms with van der Waals surface area (Å²) < 4.78 is 32.7. The molecule has 1 aliphatic rings. The normalized spacial score (nSPS) is 23.5. The van der Waals surface area contributed by atoms with Gasteiger partial charge in [0.05, 0.1) is 11.8 Å². The van der Waals surface area contributed by atoms with Crippen LogP contribution in [0.25, 0.3) is 0 Å². The minimum absolute atomic E-state index is 0.222. The lowest BCUT2D eigenvalue weighted by atomic mass is 9.97. The molecule has 0 bridgehead atoms. The molecular formula is C13H20N2O4S. The molecule has 1 aromatic heterocycles. The van der Waals surface area contributed by atoms with E-state index >= 15 is 0 Å². The van der Waals surface area contributed by atoms with Crippen molar-refractivity contribution < 1.29 is 13.2 Å². The van der Waals surface area contributed by atoms with Gasteiger partial charge in [0.1, 0.15) is 5.25 Å². The van der Waals surface area contributed by atoms with Crippen molar-refractivity contribution in [2.24, 2.45) is 0 Å². The van der Waals surface area contributed by atoms with Crippen molar-refractivity contribution in [2.45, 2.75) is 44.0 Å². The van der Waals surface area contributed by atoms with E-state index in [-0.39, 0.29) is 11.7 Å². The molecular weight excluding hydrogens is 280 g/mol. The Morgan fingerprint density at radius 1 is 1.35 bits per heavy atom. The lowest BCUT2D eigenvalue weighted by molar-refractivity contribution is 0.0739. The number of aromatic amines is 1. The molecule has 1 aromatic rings. The summed E-state index contributed by atoms with van der Waals surface area (Å²) in [5, 5.41) is -0.548. The van der Waals surface area contributed by atoms with Gasteiger partial charge in [0, 0.05) is 18.9 Å². The van der Waals surface area contributed by atoms with Gasteiger partial charge in [-0.3, -0.25) is 9.52 Å². The first kappa shape index (κ1) is 15.1. The number of ether oxygens (including phenoxy) is 1. The van der Waals surface area contributed by atoms with E-state index in [4.69, 9.17) is 4.74 Å². The first-order valence-electron chi connectivity index (χ1n) is 6.68. The third kappa shape index (κ3) is 3.21. The Balaban J connectivity index is 2.21. The minimum Gasteiger partial charge on any atom is -0.380 e. The average Bonchev–Trinajstić information content (AvgIpc) is 2.42. The first-order valence-corrected chi connectivity index (χ1v) is 8.22. The largest absolute Gasteiger partial charge is 0.380 e. The van der Waals surface area contributed by atoms with E-state index in [2.05, 4.69) is 9.71 Å². The molecule has 0 radical (unpaired) electrons. The first-order chi connectivity index (χ1) is 9.44. The van der Waals surface area contributed by atoms with Gasteiger partial charge >= 0.3 is 0 Å². The maximum absolute atomic E-state index is 12.4. The van der Waals surface area contributed by atoms with Crippen molar-refractivity contribution in [2.75, 3.05) is 11.8 Å². The second-order valence-electron chi connectivity index (χ2n) is 5.14. The summed E-state index contributed by atoms with van der Waals surface area (Å²) in [5.74, 6) is 0. The molecule has 0 aromatic carbocycles. The highest BCUT2D eigenvalue weighted by molar-refractivity contribution is 7.93. The van der Waals surface area contributed by atoms with Crippen LogP contribution in [0.1, 0.15) is 31.2 Å². The molecule has 112 valence electrons. The molecule has 0 saturated heterocycles. The summed E-state index contributed by atoms with van der Waals surface area (Å²) in [7, 11) is -1.98. The Labute approximate surface area is 118 Å². The average molecular weight is 300 g/mol. The Bertz CT molecular complexity index is 624. The molecule has 1 saturated carbocycles. The fourth-order valence-electron chi connectivity index (χ4n) is 2.58. The van der Waals surface area contributed by atoms with Crippen molar-refractivity contribution in [1.29, 1.82) is 0 Å². The summed E-state index contributed by atoms with van der Waals surface area (Å²) in [5.41, 5.74) is 0.625. The second-order valence-corrected chi connectivity index (χ2v) is 7.04. The molecule has 2 atom stereocenters. The predicted octanol–water partition coefficient (Wildman–Crippen LogP) is 1.38. The zero-order valence-corrected chi connectivity index (χ0v) is 12.5. The van der Waals surface area contributed by atoms with Crippen LogP contribution in [-0.2, 0) is 14.8 Å². The maximum atomic E-state index is 12.4. The number of pyridine rings is 1. The van der Waals surface area contributed by atoms with E-state index in [9.17, 15) is 13.2 Å². The lowest BCUT2D eigenvalue weighted by Gasteiger charge is -2.30. The van der Waals surface area contributed by atoms with Gasteiger partial charge in [-0.2, -0.15) is 0 Å². The van der Waals surface area contributed by atoms with Crippen LogP contribution < -0.4 is 10.3 Å². The highest BCUT2D eigenvalue weighted by Gasteiger charge is 2.35. The highest BCUT2D eigenvalue weighted by atomic mass is 32.2. The van der Waals surface area contributed by atoms with Crippen LogP contribution in [0, 0.1) is 6.92 Å². The van der Waals surface area contributed by atoms with Gasteiger partial charge in [0.15, 0.2) is 0 Å². The Morgan fingerprint density at radius 3 is 2.70 bits per heavy atom. The number of hydrogen-bond donors (Lipinski definition) is 2. The van der Waals surface area contributed by atoms with Crippen molar-refractivity contribution in [3.63, 3.8) is 0 Å². The van der Waals surface area contributed by atoms with Gasteiger partial charge in [-0.25, -0.2) is 8.42 Å². The molecule has 0 amide bonds. The van der Waals surface area contributed by atoms with Crippen LogP contribution in [0.5, 0.6) is 0 Å². The van der Waals surface area contributed by atoms with Crippen LogP contribution in [-0.4, -0.2) is 31.9 Å². The summed E-state index contributed by atoms with van der Waals surface area (Å²) in [6, 6.07) is 1.53. The number of hydrogen-bond acceptors (Lipinski definition) is 4. The number of aryl methyl sites for hydroxylation is 1. The van der Waals surface area contributed by atoms with Crippen LogP contribution >= 0.6 is 0 Å². The molecule has 0 aliphatic heterocycles. The molecule has 20 heavy (non-hydrogen) atoms. The van der Waals surface area contributed by atoms with Crippen LogP contribution in [0.2, 0.25) is 0 Å². The zero-order valence-electron chi connectivity index (χ0n) is 11.7. The minimum atomic E-state index is -3.52. The Hall–Kier alpha value is -1.34. The summed E-state index contributed by atoms with van der Waals surface area (Å²) in [6.45, 7) is 1.63. The third-order valence-electron chi connectivity index (χ3n) is 3.69. The van der Waals surface area contributed by atoms with Gasteiger partial charge in [-0.05, 0) is 25.8 Å². The third-order valence-corrected chi connectivity index (χ3v) is 5.55. The predicted molar refractivity (Wildman–Crippen MR) is 77.4 cm³/mol. The number of methoxy groups -OCH3 is 1. The van der Waals surface area contributed by atoms with Gasteiger partial charge in [-0.1, -0.05) is 12.8 Å². The van der Waals surface area contributed by atoms with Crippen molar-refractivity contribution in [3.05, 3.63) is 28.2 Å². The number of nitrogens with one attached hydrogen (secondary N) is 2. The Morgan fingerprint density at radius 2 is 2.05 bits per heavy atom. The van der Waals surface area contributed by atoms with E-state index in [1.807, 2.05) is 0 Å². The number of sulfonamides is 1. The van der Waals surface area contributed by atoms with E-state index in [0.717, 1.165) is 19.3 Å². The second kappa shape index (κ2) is 5.97. The van der Waals surface area contributed by atoms with Crippen molar-refractivity contribution in [1.82, 2.24) is 4.98 Å². The number of rotatable bonds is 4. The summed E-state index contributed by atoms with van der Waals surface area (Å²) in [6.07, 6.45) is 4.32. The van der Waals surface area contributed by atoms with Gasteiger partial charge in [-0.15, -0.1) is 0 Å². The molecule has 1 fully saturated rings. The molecule has 1 heterocycles. The topological polar surface area (TPSA) is 88.3 Å². The quantitative estimate of drug-likeness (QED) is 0.879. The van der Waals surface area contributed by atoms with Crippen LogP contribution in [0.4, 0.5) is 5.69 Å². The van der Waals surface area contributed by atoms with Crippen LogP contribution in [0.15, 0.2) is 17.1 Å². The Kier molecular flexibility index (Phi) is 4.49. The van der Waals surface area contributed by atoms with Crippen molar-refractivity contribution in [3.8, 4) is 0 Å². The fourth-order valence-corrected chi connectivity index (χ4v) is 4.31. The summed E-state index contributed by atoms with van der Waals surface area (Å²) in [4.78, 5) is 13.8. The molecule has 6 nitrogen and oxygen atoms in total. The molecule has 2 N–H and O–H groups in total. The SMILES string of the molecule is CO[C@H]1CCCC[C@H]1S(=O)(=O)Nc1c[nH]c(=O)c(C)c1.